The van der Waals surface area contributed by atoms with Gasteiger partial charge < -0.3 is 15.4 Å². The molecular weight excluding hydrogens is 425 g/mol. The van der Waals surface area contributed by atoms with Crippen molar-refractivity contribution in [2.45, 2.75) is 50.6 Å². The van der Waals surface area contributed by atoms with Crippen LogP contribution in [0.25, 0.3) is 10.9 Å². The van der Waals surface area contributed by atoms with Crippen LogP contribution in [0.1, 0.15) is 37.3 Å². The Morgan fingerprint density at radius 1 is 1.28 bits per heavy atom. The number of aromatic amines is 1. The first-order chi connectivity index (χ1) is 15.2. The molecule has 3 aliphatic rings. The van der Waals surface area contributed by atoms with E-state index in [2.05, 4.69) is 4.98 Å². The van der Waals surface area contributed by atoms with Gasteiger partial charge in [-0.2, -0.15) is 0 Å². The third-order valence-electron chi connectivity index (χ3n) is 6.99. The lowest BCUT2D eigenvalue weighted by atomic mass is 9.92. The van der Waals surface area contributed by atoms with Crippen molar-refractivity contribution >= 4 is 16.6 Å². The van der Waals surface area contributed by atoms with E-state index in [4.69, 9.17) is 10.5 Å². The van der Waals surface area contributed by atoms with Gasteiger partial charge in [0.05, 0.1) is 24.4 Å². The van der Waals surface area contributed by atoms with Gasteiger partial charge in [0.15, 0.2) is 11.6 Å². The standard InChI is InChI=1S/C22H25F3N4O3/c1-10-16-14(20(30)27-21(31)29(16)12-5-6-12)18(32-2)15(23)17(10)28-8-11-4-3-7-22(24,25)19(26)13(11)9-28/h4,12-13,19H,3,5-9,26H2,1-2H3,(H,27,30,31). The minimum absolute atomic E-state index is 0.0198. The zero-order chi connectivity index (χ0) is 22.9. The number of rotatable bonds is 3. The number of alkyl halides is 2. The SMILES string of the molecule is COc1c(F)c(N2CC3=CCCC(F)(F)C(N)C3C2)c(C)c2c1c(=O)[nH]c(=O)n2C1CC1. The molecule has 2 aromatic rings. The molecule has 2 heterocycles. The van der Waals surface area contributed by atoms with Crippen molar-refractivity contribution in [3.8, 4) is 5.75 Å². The molecule has 0 amide bonds. The Hall–Kier alpha value is -2.75. The van der Waals surface area contributed by atoms with E-state index < -0.39 is 34.9 Å². The van der Waals surface area contributed by atoms with Crippen molar-refractivity contribution in [1.82, 2.24) is 9.55 Å². The van der Waals surface area contributed by atoms with Crippen LogP contribution in [0, 0.1) is 18.7 Å². The zero-order valence-corrected chi connectivity index (χ0v) is 17.9. The first-order valence-electron chi connectivity index (χ1n) is 10.8. The lowest BCUT2D eigenvalue weighted by molar-refractivity contribution is -0.0402. The highest BCUT2D eigenvalue weighted by Gasteiger charge is 2.47. The highest BCUT2D eigenvalue weighted by molar-refractivity contribution is 5.93. The van der Waals surface area contributed by atoms with Crippen molar-refractivity contribution in [2.24, 2.45) is 11.7 Å². The fraction of sp³-hybridized carbons (Fsp3) is 0.545. The molecule has 1 aliphatic heterocycles. The average molecular weight is 450 g/mol. The maximum atomic E-state index is 15.7. The number of nitrogens with two attached hydrogens (primary N) is 1. The molecule has 0 bridgehead atoms. The lowest BCUT2D eigenvalue weighted by Gasteiger charge is -2.28. The van der Waals surface area contributed by atoms with Crippen LogP contribution >= 0.6 is 0 Å². The van der Waals surface area contributed by atoms with Crippen molar-refractivity contribution < 1.29 is 17.9 Å². The summed E-state index contributed by atoms with van der Waals surface area (Å²) in [6.07, 6.45) is 3.24. The monoisotopic (exact) mass is 450 g/mol. The number of H-pyrrole nitrogens is 1. The molecule has 0 radical (unpaired) electrons. The number of hydrogen-bond acceptors (Lipinski definition) is 5. The highest BCUT2D eigenvalue weighted by Crippen LogP contribution is 2.45. The van der Waals surface area contributed by atoms with Crippen LogP contribution in [-0.2, 0) is 0 Å². The number of aryl methyl sites for hydroxylation is 1. The number of ether oxygens (including phenoxy) is 1. The molecule has 32 heavy (non-hydrogen) atoms. The second kappa shape index (κ2) is 7.13. The number of allylic oxidation sites excluding steroid dienone is 1. The van der Waals surface area contributed by atoms with Gasteiger partial charge >= 0.3 is 5.69 Å². The average Bonchev–Trinajstić information content (AvgIpc) is 3.49. The first kappa shape index (κ1) is 21.1. The molecule has 0 spiro atoms. The number of nitrogens with one attached hydrogen (secondary N) is 1. The van der Waals surface area contributed by atoms with Gasteiger partial charge in [-0.25, -0.2) is 18.0 Å². The summed E-state index contributed by atoms with van der Waals surface area (Å²) in [4.78, 5) is 29.2. The van der Waals surface area contributed by atoms with E-state index in [9.17, 15) is 18.4 Å². The van der Waals surface area contributed by atoms with Crippen LogP contribution in [0.5, 0.6) is 5.75 Å². The number of aromatic nitrogens is 2. The van der Waals surface area contributed by atoms with Crippen molar-refractivity contribution in [3.63, 3.8) is 0 Å². The Kier molecular flexibility index (Phi) is 4.70. The van der Waals surface area contributed by atoms with Gasteiger partial charge in [0.25, 0.3) is 11.5 Å². The Labute approximate surface area is 181 Å². The number of anilines is 1. The number of benzene rings is 1. The molecule has 1 saturated carbocycles. The highest BCUT2D eigenvalue weighted by atomic mass is 19.3. The van der Waals surface area contributed by atoms with E-state index >= 15 is 4.39 Å². The Balaban J connectivity index is 1.72. The normalized spacial score (nSPS) is 24.9. The van der Waals surface area contributed by atoms with Gasteiger partial charge in [0, 0.05) is 37.0 Å². The lowest BCUT2D eigenvalue weighted by Crippen LogP contribution is -2.47. The van der Waals surface area contributed by atoms with E-state index in [1.165, 1.54) is 11.7 Å². The molecule has 10 heteroatoms. The fourth-order valence-corrected chi connectivity index (χ4v) is 5.27. The largest absolute Gasteiger partial charge is 0.493 e. The Bertz CT molecular complexity index is 1260. The van der Waals surface area contributed by atoms with E-state index in [0.29, 0.717) is 11.1 Å². The second-order valence-corrected chi connectivity index (χ2v) is 9.00. The van der Waals surface area contributed by atoms with Gasteiger partial charge in [-0.3, -0.25) is 14.3 Å². The van der Waals surface area contributed by atoms with E-state index in [1.54, 1.807) is 17.9 Å². The molecule has 1 saturated heterocycles. The third-order valence-corrected chi connectivity index (χ3v) is 6.99. The second-order valence-electron chi connectivity index (χ2n) is 9.00. The van der Waals surface area contributed by atoms with E-state index in [0.717, 1.165) is 18.4 Å². The van der Waals surface area contributed by atoms with E-state index in [-0.39, 0.29) is 48.8 Å². The summed E-state index contributed by atoms with van der Waals surface area (Å²) in [5, 5.41) is -0.0198. The molecule has 5 rings (SSSR count). The quantitative estimate of drug-likeness (QED) is 0.702. The third kappa shape index (κ3) is 2.99. The summed E-state index contributed by atoms with van der Waals surface area (Å²) in [5.41, 5.74) is 6.32. The molecule has 172 valence electrons. The molecule has 2 fully saturated rings. The molecular formula is C22H25F3N4O3. The van der Waals surface area contributed by atoms with Gasteiger partial charge in [-0.1, -0.05) is 6.08 Å². The van der Waals surface area contributed by atoms with Crippen LogP contribution in [0.4, 0.5) is 18.9 Å². The smallest absolute Gasteiger partial charge is 0.329 e. The van der Waals surface area contributed by atoms with Gasteiger partial charge in [-0.15, -0.1) is 0 Å². The van der Waals surface area contributed by atoms with Gasteiger partial charge in [-0.05, 0) is 31.8 Å². The maximum Gasteiger partial charge on any atom is 0.329 e. The number of methoxy groups -OCH3 is 1. The summed E-state index contributed by atoms with van der Waals surface area (Å²) in [6.45, 7) is 2.01. The molecule has 2 unspecified atom stereocenters. The predicted molar refractivity (Wildman–Crippen MR) is 114 cm³/mol. The summed E-state index contributed by atoms with van der Waals surface area (Å²) >= 11 is 0. The van der Waals surface area contributed by atoms with Crippen LogP contribution in [0.15, 0.2) is 21.2 Å². The van der Waals surface area contributed by atoms with Gasteiger partial charge in [0.2, 0.25) is 0 Å². The van der Waals surface area contributed by atoms with Crippen molar-refractivity contribution in [3.05, 3.63) is 43.9 Å². The number of hydrogen-bond donors (Lipinski definition) is 2. The predicted octanol–water partition coefficient (Wildman–Crippen LogP) is 2.60. The molecule has 2 aliphatic carbocycles. The van der Waals surface area contributed by atoms with Crippen LogP contribution < -0.4 is 26.6 Å². The minimum Gasteiger partial charge on any atom is -0.493 e. The van der Waals surface area contributed by atoms with Crippen LogP contribution in [0.2, 0.25) is 0 Å². The van der Waals surface area contributed by atoms with E-state index in [1.807, 2.05) is 0 Å². The first-order valence-corrected chi connectivity index (χ1v) is 10.8. The molecule has 2 atom stereocenters. The number of halogens is 3. The Morgan fingerprint density at radius 2 is 2.00 bits per heavy atom. The molecule has 3 N–H and O–H groups in total. The summed E-state index contributed by atoms with van der Waals surface area (Å²) in [6, 6.07) is -1.44. The van der Waals surface area contributed by atoms with Crippen molar-refractivity contribution in [1.29, 1.82) is 0 Å². The van der Waals surface area contributed by atoms with Crippen LogP contribution in [0.3, 0.4) is 0 Å². The Morgan fingerprint density at radius 3 is 2.66 bits per heavy atom. The zero-order valence-electron chi connectivity index (χ0n) is 17.9. The fourth-order valence-electron chi connectivity index (χ4n) is 5.27. The number of fused-ring (bicyclic) bond motifs is 2. The molecule has 1 aromatic carbocycles. The van der Waals surface area contributed by atoms with Crippen LogP contribution in [-0.4, -0.2) is 41.7 Å². The summed E-state index contributed by atoms with van der Waals surface area (Å²) < 4.78 is 51.3. The topological polar surface area (TPSA) is 93.3 Å². The summed E-state index contributed by atoms with van der Waals surface area (Å²) in [5.74, 6) is -4.63. The molecule has 1 aromatic heterocycles. The maximum absolute atomic E-state index is 15.7. The molecule has 7 nitrogen and oxygen atoms in total. The number of nitrogens with zero attached hydrogens (tertiary/aromatic N) is 2. The summed E-state index contributed by atoms with van der Waals surface area (Å²) in [7, 11) is 1.26. The van der Waals surface area contributed by atoms with Gasteiger partial charge in [0.1, 0.15) is 5.39 Å². The van der Waals surface area contributed by atoms with Crippen molar-refractivity contribution in [2.75, 3.05) is 25.1 Å². The minimum atomic E-state index is -3.01.